The molecule has 0 bridgehead atoms. The average molecular weight is 284 g/mol. The SMILES string of the molecule is Cc1ccc(F)c(C(=O)N2CCc3cccc(N)c3C2)c1. The second kappa shape index (κ2) is 5.20. The van der Waals surface area contributed by atoms with Gasteiger partial charge in [0.25, 0.3) is 5.91 Å². The van der Waals surface area contributed by atoms with Crippen LogP contribution in [0, 0.1) is 12.7 Å². The number of nitrogens with zero attached hydrogens (tertiary/aromatic N) is 1. The maximum absolute atomic E-state index is 13.9. The van der Waals surface area contributed by atoms with Crippen LogP contribution in [-0.2, 0) is 13.0 Å². The topological polar surface area (TPSA) is 46.3 Å². The van der Waals surface area contributed by atoms with Crippen molar-refractivity contribution in [1.29, 1.82) is 0 Å². The van der Waals surface area contributed by atoms with Gasteiger partial charge in [0.05, 0.1) is 5.56 Å². The fourth-order valence-corrected chi connectivity index (χ4v) is 2.75. The van der Waals surface area contributed by atoms with Gasteiger partial charge in [-0.05, 0) is 42.7 Å². The molecule has 1 amide bonds. The molecule has 2 N–H and O–H groups in total. The largest absolute Gasteiger partial charge is 0.398 e. The highest BCUT2D eigenvalue weighted by atomic mass is 19.1. The van der Waals surface area contributed by atoms with Crippen LogP contribution in [0.4, 0.5) is 10.1 Å². The zero-order valence-electron chi connectivity index (χ0n) is 11.9. The van der Waals surface area contributed by atoms with E-state index in [0.29, 0.717) is 18.8 Å². The van der Waals surface area contributed by atoms with E-state index in [1.807, 2.05) is 25.1 Å². The Balaban J connectivity index is 1.91. The third-order valence-electron chi connectivity index (χ3n) is 3.95. The molecule has 21 heavy (non-hydrogen) atoms. The summed E-state index contributed by atoms with van der Waals surface area (Å²) in [4.78, 5) is 14.2. The first-order valence-electron chi connectivity index (χ1n) is 6.98. The molecule has 1 heterocycles. The standard InChI is InChI=1S/C17H17FN2O/c1-11-5-6-15(18)13(9-11)17(21)20-8-7-12-3-2-4-16(19)14(12)10-20/h2-6,9H,7-8,10,19H2,1H3. The average Bonchev–Trinajstić information content (AvgIpc) is 2.49. The van der Waals surface area contributed by atoms with Crippen LogP contribution in [0.25, 0.3) is 0 Å². The lowest BCUT2D eigenvalue weighted by Crippen LogP contribution is -2.36. The van der Waals surface area contributed by atoms with Crippen molar-refractivity contribution in [1.82, 2.24) is 4.90 Å². The minimum Gasteiger partial charge on any atom is -0.398 e. The normalized spacial score (nSPS) is 13.9. The summed E-state index contributed by atoms with van der Waals surface area (Å²) in [5.41, 5.74) is 9.83. The Morgan fingerprint density at radius 3 is 2.90 bits per heavy atom. The maximum atomic E-state index is 13.9. The van der Waals surface area contributed by atoms with Crippen molar-refractivity contribution in [3.05, 3.63) is 64.5 Å². The van der Waals surface area contributed by atoms with Crippen molar-refractivity contribution in [3.8, 4) is 0 Å². The molecule has 0 saturated carbocycles. The van der Waals surface area contributed by atoms with Gasteiger partial charge in [-0.3, -0.25) is 4.79 Å². The number of nitrogen functional groups attached to an aromatic ring is 1. The lowest BCUT2D eigenvalue weighted by atomic mass is 9.97. The number of rotatable bonds is 1. The summed E-state index contributed by atoms with van der Waals surface area (Å²) in [5, 5.41) is 0. The lowest BCUT2D eigenvalue weighted by molar-refractivity contribution is 0.0730. The maximum Gasteiger partial charge on any atom is 0.257 e. The molecule has 2 aromatic carbocycles. The van der Waals surface area contributed by atoms with Crippen molar-refractivity contribution < 1.29 is 9.18 Å². The second-order valence-corrected chi connectivity index (χ2v) is 5.44. The van der Waals surface area contributed by atoms with Gasteiger partial charge in [0.2, 0.25) is 0 Å². The Morgan fingerprint density at radius 2 is 2.10 bits per heavy atom. The van der Waals surface area contributed by atoms with Crippen molar-refractivity contribution in [2.75, 3.05) is 12.3 Å². The number of anilines is 1. The van der Waals surface area contributed by atoms with E-state index >= 15 is 0 Å². The number of hydrogen-bond acceptors (Lipinski definition) is 2. The number of carbonyl (C=O) groups is 1. The van der Waals surface area contributed by atoms with Crippen LogP contribution in [0.5, 0.6) is 0 Å². The Bertz CT molecular complexity index is 712. The molecule has 0 saturated heterocycles. The molecule has 3 nitrogen and oxygen atoms in total. The molecule has 0 unspecified atom stereocenters. The molecule has 0 spiro atoms. The fourth-order valence-electron chi connectivity index (χ4n) is 2.75. The van der Waals surface area contributed by atoms with Crippen LogP contribution in [-0.4, -0.2) is 17.4 Å². The number of benzene rings is 2. The molecular formula is C17H17FN2O. The highest BCUT2D eigenvalue weighted by molar-refractivity contribution is 5.95. The number of hydrogen-bond donors (Lipinski definition) is 1. The zero-order chi connectivity index (χ0) is 15.0. The van der Waals surface area contributed by atoms with Gasteiger partial charge in [0, 0.05) is 18.8 Å². The van der Waals surface area contributed by atoms with Gasteiger partial charge in [0.1, 0.15) is 5.82 Å². The molecule has 108 valence electrons. The molecule has 0 radical (unpaired) electrons. The highest BCUT2D eigenvalue weighted by Crippen LogP contribution is 2.25. The van der Waals surface area contributed by atoms with E-state index in [4.69, 9.17) is 5.73 Å². The van der Waals surface area contributed by atoms with Crippen LogP contribution in [0.1, 0.15) is 27.0 Å². The first-order chi connectivity index (χ1) is 10.1. The van der Waals surface area contributed by atoms with Crippen molar-refractivity contribution in [3.63, 3.8) is 0 Å². The summed E-state index contributed by atoms with van der Waals surface area (Å²) in [6.45, 7) is 2.87. The van der Waals surface area contributed by atoms with Crippen LogP contribution in [0.15, 0.2) is 36.4 Å². The molecule has 0 aromatic heterocycles. The number of halogens is 1. The summed E-state index contributed by atoms with van der Waals surface area (Å²) < 4.78 is 13.9. The summed E-state index contributed by atoms with van der Waals surface area (Å²) >= 11 is 0. The molecule has 0 fully saturated rings. The Morgan fingerprint density at radius 1 is 1.29 bits per heavy atom. The lowest BCUT2D eigenvalue weighted by Gasteiger charge is -2.30. The molecule has 2 aromatic rings. The quantitative estimate of drug-likeness (QED) is 0.818. The van der Waals surface area contributed by atoms with E-state index in [9.17, 15) is 9.18 Å². The summed E-state index contributed by atoms with van der Waals surface area (Å²) in [6, 6.07) is 10.4. The molecule has 0 aliphatic carbocycles. The van der Waals surface area contributed by atoms with E-state index in [1.54, 1.807) is 17.0 Å². The Labute approximate surface area is 123 Å². The minimum atomic E-state index is -0.475. The number of aryl methyl sites for hydroxylation is 1. The van der Waals surface area contributed by atoms with Gasteiger partial charge in [-0.25, -0.2) is 4.39 Å². The second-order valence-electron chi connectivity index (χ2n) is 5.44. The molecule has 0 atom stereocenters. The molecule has 1 aliphatic heterocycles. The first kappa shape index (κ1) is 13.6. The Kier molecular flexibility index (Phi) is 3.37. The van der Waals surface area contributed by atoms with Crippen LogP contribution in [0.3, 0.4) is 0 Å². The van der Waals surface area contributed by atoms with E-state index < -0.39 is 5.82 Å². The number of nitrogens with two attached hydrogens (primary N) is 1. The molecule has 3 rings (SSSR count). The molecule has 4 heteroatoms. The predicted molar refractivity (Wildman–Crippen MR) is 80.4 cm³/mol. The van der Waals surface area contributed by atoms with Gasteiger partial charge in [-0.15, -0.1) is 0 Å². The molecule has 1 aliphatic rings. The van der Waals surface area contributed by atoms with Gasteiger partial charge in [0.15, 0.2) is 0 Å². The number of amides is 1. The van der Waals surface area contributed by atoms with Gasteiger partial charge >= 0.3 is 0 Å². The minimum absolute atomic E-state index is 0.132. The third-order valence-corrected chi connectivity index (χ3v) is 3.95. The zero-order valence-corrected chi connectivity index (χ0v) is 11.9. The van der Waals surface area contributed by atoms with E-state index in [2.05, 4.69) is 0 Å². The van der Waals surface area contributed by atoms with Gasteiger partial charge in [-0.2, -0.15) is 0 Å². The van der Waals surface area contributed by atoms with Crippen LogP contribution < -0.4 is 5.73 Å². The van der Waals surface area contributed by atoms with Crippen LogP contribution >= 0.6 is 0 Å². The third kappa shape index (κ3) is 2.49. The smallest absolute Gasteiger partial charge is 0.257 e. The first-order valence-corrected chi connectivity index (χ1v) is 6.98. The summed E-state index contributed by atoms with van der Waals surface area (Å²) in [5.74, 6) is -0.748. The van der Waals surface area contributed by atoms with E-state index in [0.717, 1.165) is 17.5 Å². The fraction of sp³-hybridized carbons (Fsp3) is 0.235. The van der Waals surface area contributed by atoms with E-state index in [-0.39, 0.29) is 11.5 Å². The Hall–Kier alpha value is -2.36. The summed E-state index contributed by atoms with van der Waals surface area (Å²) in [7, 11) is 0. The summed E-state index contributed by atoms with van der Waals surface area (Å²) in [6.07, 6.45) is 0.750. The van der Waals surface area contributed by atoms with Crippen molar-refractivity contribution >= 4 is 11.6 Å². The van der Waals surface area contributed by atoms with Gasteiger partial charge in [-0.1, -0.05) is 23.8 Å². The van der Waals surface area contributed by atoms with Gasteiger partial charge < -0.3 is 10.6 Å². The highest BCUT2D eigenvalue weighted by Gasteiger charge is 2.24. The predicted octanol–water partition coefficient (Wildman–Crippen LogP) is 2.91. The van der Waals surface area contributed by atoms with E-state index in [1.165, 1.54) is 11.6 Å². The number of carbonyl (C=O) groups excluding carboxylic acids is 1. The van der Waals surface area contributed by atoms with Crippen molar-refractivity contribution in [2.45, 2.75) is 19.9 Å². The molecular weight excluding hydrogens is 267 g/mol. The number of fused-ring (bicyclic) bond motifs is 1. The monoisotopic (exact) mass is 284 g/mol. The van der Waals surface area contributed by atoms with Crippen molar-refractivity contribution in [2.24, 2.45) is 0 Å². The van der Waals surface area contributed by atoms with Crippen LogP contribution in [0.2, 0.25) is 0 Å².